The highest BCUT2D eigenvalue weighted by atomic mass is 16.8. The molecule has 60 heavy (non-hydrogen) atoms. The van der Waals surface area contributed by atoms with E-state index < -0.39 is 95.0 Å². The summed E-state index contributed by atoms with van der Waals surface area (Å²) in [6, 6.07) is 22.7. The largest absolute Gasteiger partial charge is 0.462 e. The summed E-state index contributed by atoms with van der Waals surface area (Å²) in [6.07, 6.45) is -3.92. The van der Waals surface area contributed by atoms with E-state index in [-0.39, 0.29) is 32.7 Å². The molecule has 9 unspecified atom stereocenters. The SMILES string of the molecule is CC(O)C(NC(=O)C12CC3OC(=O)C1N(Cc1ccccc1C=CC(=O)OC1C(=O)OCC1(C)C)OC2C1OC(c2ccccc2)(c2ccccc2)OC31)C(=O)NCCO. The third-order valence-electron chi connectivity index (χ3n) is 11.9. The van der Waals surface area contributed by atoms with Crippen LogP contribution in [0.15, 0.2) is 91.0 Å². The zero-order valence-electron chi connectivity index (χ0n) is 33.2. The van der Waals surface area contributed by atoms with Gasteiger partial charge in [0.1, 0.15) is 42.5 Å². The van der Waals surface area contributed by atoms with Crippen LogP contribution in [0.1, 0.15) is 49.4 Å². The highest BCUT2D eigenvalue weighted by molar-refractivity contribution is 5.96. The van der Waals surface area contributed by atoms with Crippen molar-refractivity contribution >= 4 is 35.8 Å². The van der Waals surface area contributed by atoms with Gasteiger partial charge in [-0.05, 0) is 24.1 Å². The zero-order valence-corrected chi connectivity index (χ0v) is 33.2. The number of fused-ring (bicyclic) bond motifs is 4. The number of esters is 3. The summed E-state index contributed by atoms with van der Waals surface area (Å²) in [5, 5.41) is 26.6. The number of hydrogen-bond acceptors (Lipinski definition) is 14. The summed E-state index contributed by atoms with van der Waals surface area (Å²) >= 11 is 0. The lowest BCUT2D eigenvalue weighted by Gasteiger charge is -2.49. The first-order chi connectivity index (χ1) is 28.8. The fourth-order valence-electron chi connectivity index (χ4n) is 8.92. The molecule has 5 aliphatic rings. The first kappa shape index (κ1) is 41.3. The van der Waals surface area contributed by atoms with Crippen molar-refractivity contribution in [3.63, 3.8) is 0 Å². The molecule has 4 heterocycles. The fourth-order valence-corrected chi connectivity index (χ4v) is 8.92. The van der Waals surface area contributed by atoms with Gasteiger partial charge in [-0.1, -0.05) is 98.8 Å². The number of benzene rings is 3. The highest BCUT2D eigenvalue weighted by Gasteiger charge is 2.76. The molecule has 0 spiro atoms. The molecule has 2 bridgehead atoms. The van der Waals surface area contributed by atoms with Crippen LogP contribution in [0, 0.1) is 10.8 Å². The van der Waals surface area contributed by atoms with Crippen molar-refractivity contribution in [2.24, 2.45) is 10.8 Å². The van der Waals surface area contributed by atoms with Crippen molar-refractivity contribution in [3.8, 4) is 0 Å². The summed E-state index contributed by atoms with van der Waals surface area (Å²) in [5.74, 6) is -5.16. The minimum Gasteiger partial charge on any atom is -0.462 e. The smallest absolute Gasteiger partial charge is 0.348 e. The van der Waals surface area contributed by atoms with E-state index in [1.165, 1.54) is 24.1 Å². The van der Waals surface area contributed by atoms with Crippen molar-refractivity contribution in [1.29, 1.82) is 0 Å². The van der Waals surface area contributed by atoms with Gasteiger partial charge in [0, 0.05) is 35.6 Å². The normalized spacial score (nSPS) is 29.6. The highest BCUT2D eigenvalue weighted by Crippen LogP contribution is 2.59. The van der Waals surface area contributed by atoms with Crippen molar-refractivity contribution in [2.75, 3.05) is 19.8 Å². The van der Waals surface area contributed by atoms with E-state index in [1.54, 1.807) is 38.1 Å². The predicted octanol–water partition coefficient (Wildman–Crippen LogP) is 1.65. The third-order valence-corrected chi connectivity index (χ3v) is 11.9. The maximum atomic E-state index is 15.0. The Morgan fingerprint density at radius 1 is 0.933 bits per heavy atom. The van der Waals surface area contributed by atoms with Crippen molar-refractivity contribution in [1.82, 2.24) is 15.7 Å². The first-order valence-electron chi connectivity index (χ1n) is 19.9. The van der Waals surface area contributed by atoms with Crippen LogP contribution in [0.4, 0.5) is 0 Å². The Hall–Kier alpha value is -5.49. The lowest BCUT2D eigenvalue weighted by atomic mass is 9.62. The van der Waals surface area contributed by atoms with Gasteiger partial charge < -0.3 is 44.5 Å². The Morgan fingerprint density at radius 3 is 2.22 bits per heavy atom. The molecule has 8 rings (SSSR count). The van der Waals surface area contributed by atoms with Gasteiger partial charge in [-0.25, -0.2) is 9.59 Å². The molecule has 1 aliphatic carbocycles. The van der Waals surface area contributed by atoms with Gasteiger partial charge in [-0.2, -0.15) is 5.06 Å². The van der Waals surface area contributed by atoms with Gasteiger partial charge in [0.05, 0.1) is 19.3 Å². The second kappa shape index (κ2) is 16.2. The number of carbonyl (C=O) groups excluding carboxylic acids is 5. The summed E-state index contributed by atoms with van der Waals surface area (Å²) in [5.41, 5.74) is -0.0135. The number of hydrogen-bond donors (Lipinski definition) is 4. The Balaban J connectivity index is 1.16. The Labute approximate surface area is 345 Å². The number of cyclic esters (lactones) is 1. The van der Waals surface area contributed by atoms with Gasteiger partial charge in [-0.15, -0.1) is 0 Å². The second-order valence-electron chi connectivity index (χ2n) is 16.4. The fraction of sp³-hybridized carbons (Fsp3) is 0.432. The molecule has 4 saturated heterocycles. The van der Waals surface area contributed by atoms with E-state index >= 15 is 4.79 Å². The summed E-state index contributed by atoms with van der Waals surface area (Å²) in [4.78, 5) is 74.6. The molecule has 4 N–H and O–H groups in total. The van der Waals surface area contributed by atoms with Crippen LogP contribution >= 0.6 is 0 Å². The number of aliphatic hydroxyl groups excluding tert-OH is 2. The van der Waals surface area contributed by atoms with Crippen LogP contribution < -0.4 is 10.6 Å². The number of aliphatic hydroxyl groups is 2. The van der Waals surface area contributed by atoms with Gasteiger partial charge in [0.15, 0.2) is 6.04 Å². The third kappa shape index (κ3) is 7.16. The molecule has 3 aromatic rings. The van der Waals surface area contributed by atoms with Gasteiger partial charge >= 0.3 is 17.9 Å². The number of nitrogens with one attached hydrogen (secondary N) is 2. The van der Waals surface area contributed by atoms with Crippen molar-refractivity contribution < 1.29 is 62.7 Å². The summed E-state index contributed by atoms with van der Waals surface area (Å²) in [6.45, 7) is 4.41. The molecule has 1 saturated carbocycles. The minimum atomic E-state index is -1.74. The molecule has 5 fully saturated rings. The second-order valence-corrected chi connectivity index (χ2v) is 16.4. The lowest BCUT2D eigenvalue weighted by molar-refractivity contribution is -0.213. The molecule has 4 aliphatic heterocycles. The van der Waals surface area contributed by atoms with E-state index in [0.29, 0.717) is 22.3 Å². The Bertz CT molecular complexity index is 2120. The molecule has 0 aromatic heterocycles. The van der Waals surface area contributed by atoms with Crippen molar-refractivity contribution in [3.05, 3.63) is 113 Å². The summed E-state index contributed by atoms with van der Waals surface area (Å²) in [7, 11) is 0. The molecular weight excluding hydrogens is 778 g/mol. The predicted molar refractivity (Wildman–Crippen MR) is 208 cm³/mol. The van der Waals surface area contributed by atoms with Gasteiger partial charge in [-0.3, -0.25) is 19.2 Å². The van der Waals surface area contributed by atoms with Crippen molar-refractivity contribution in [2.45, 2.75) is 88.2 Å². The monoisotopic (exact) mass is 825 g/mol. The molecule has 2 amide bonds. The standard InChI is InChI=1S/C44H47N3O13/c1-25(49)32(38(51)45-20-21-48)46-41(54)43-22-30-33-34(59-44(58-33,28-14-6-4-7-15-28)29-16-8-5-9-17-29)36(43)60-47(35(43)39(52)56-30)23-27-13-11-10-12-26(27)18-19-31(50)57-37-40(53)55-24-42(37,2)3/h4-19,25,30,32-37,48-49H,20-24H2,1-3H3,(H,45,51)(H,46,54). The lowest BCUT2D eigenvalue weighted by Crippen LogP contribution is -2.71. The van der Waals surface area contributed by atoms with E-state index in [1.807, 2.05) is 60.7 Å². The molecule has 16 nitrogen and oxygen atoms in total. The Morgan fingerprint density at radius 2 is 1.58 bits per heavy atom. The number of ether oxygens (including phenoxy) is 5. The van der Waals surface area contributed by atoms with Crippen LogP contribution in [0.5, 0.6) is 0 Å². The van der Waals surface area contributed by atoms with Crippen LogP contribution in [0.2, 0.25) is 0 Å². The molecule has 16 heteroatoms. The van der Waals surface area contributed by atoms with Crippen LogP contribution in [0.3, 0.4) is 0 Å². The quantitative estimate of drug-likeness (QED) is 0.110. The van der Waals surface area contributed by atoms with Crippen LogP contribution in [0.25, 0.3) is 6.08 Å². The van der Waals surface area contributed by atoms with Crippen LogP contribution in [-0.2, 0) is 64.8 Å². The van der Waals surface area contributed by atoms with E-state index in [0.717, 1.165) is 0 Å². The number of hydroxylamine groups is 2. The number of rotatable bonds is 13. The minimum absolute atomic E-state index is 0.0846. The van der Waals surface area contributed by atoms with E-state index in [4.69, 9.17) is 28.5 Å². The first-order valence-corrected chi connectivity index (χ1v) is 19.9. The average Bonchev–Trinajstić information content (AvgIpc) is 3.90. The number of nitrogens with zero attached hydrogens (tertiary/aromatic N) is 1. The maximum absolute atomic E-state index is 15.0. The van der Waals surface area contributed by atoms with Gasteiger partial charge in [0.2, 0.25) is 23.7 Å². The molecule has 9 atom stereocenters. The maximum Gasteiger partial charge on any atom is 0.348 e. The molecule has 0 radical (unpaired) electrons. The average molecular weight is 826 g/mol. The molecule has 316 valence electrons. The van der Waals surface area contributed by atoms with E-state index in [2.05, 4.69) is 10.6 Å². The molecular formula is C44H47N3O13. The number of amides is 2. The number of carbonyl (C=O) groups is 5. The van der Waals surface area contributed by atoms with E-state index in [9.17, 15) is 29.4 Å². The zero-order chi connectivity index (χ0) is 42.4. The van der Waals surface area contributed by atoms with Gasteiger partial charge in [0.25, 0.3) is 0 Å². The molecule has 3 aromatic carbocycles. The summed E-state index contributed by atoms with van der Waals surface area (Å²) < 4.78 is 30.6. The van der Waals surface area contributed by atoms with Crippen LogP contribution in [-0.4, -0.2) is 113 Å². The Kier molecular flexibility index (Phi) is 11.1. The topological polar surface area (TPSA) is 208 Å².